The first-order valence-electron chi connectivity index (χ1n) is 10.3. The molecule has 1 fully saturated rings. The third-order valence-electron chi connectivity index (χ3n) is 5.05. The molecule has 3 amide bonds. The minimum Gasteiger partial charge on any atom is -0.543 e. The van der Waals surface area contributed by atoms with Crippen LogP contribution in [0.3, 0.4) is 0 Å². The molecule has 0 aromatic carbocycles. The quantitative estimate of drug-likeness (QED) is 0.114. The van der Waals surface area contributed by atoms with Crippen LogP contribution in [0.15, 0.2) is 28.6 Å². The van der Waals surface area contributed by atoms with Crippen LogP contribution in [0.2, 0.25) is 0 Å². The number of carbonyl (C=O) groups excluding carboxylic acids is 4. The largest absolute Gasteiger partial charge is 0.543 e. The third-order valence-corrected chi connectivity index (χ3v) is 6.90. The molecule has 1 aromatic heterocycles. The third kappa shape index (κ3) is 5.97. The molecular formula is C19H23FN8O6S2. The lowest BCUT2D eigenvalue weighted by atomic mass is 10.0. The summed E-state index contributed by atoms with van der Waals surface area (Å²) in [6.45, 7) is -0.852. The molecule has 0 bridgehead atoms. The molecule has 36 heavy (non-hydrogen) atoms. The summed E-state index contributed by atoms with van der Waals surface area (Å²) in [4.78, 5) is 57.8. The molecule has 0 spiro atoms. The van der Waals surface area contributed by atoms with Crippen molar-refractivity contribution in [3.8, 4) is 0 Å². The Hall–Kier alpha value is -3.57. The molecule has 14 nitrogen and oxygen atoms in total. The van der Waals surface area contributed by atoms with E-state index in [1.807, 2.05) is 0 Å². The standard InChI is InChI=1S/C19H23FN8O6S2/c1-28(2,6-10(21)29)5-3-4-9-7-35-17-12(16(31)27(17)13(9)18(32)33)23-15(30)11(25-34-8-20)14-24-19(22)36-26-14/h3-4,12,17H,5-8H2,1-2H3,(H5-,21,22,23,24,26,29,30,32,33)/b4-3+,25-11-/t12-,17-/m1/s1. The van der Waals surface area contributed by atoms with E-state index < -0.39 is 47.7 Å². The van der Waals surface area contributed by atoms with Crippen molar-refractivity contribution >= 4 is 57.8 Å². The second-order valence-electron chi connectivity index (χ2n) is 8.30. The number of alkyl halides is 1. The fraction of sp³-hybridized carbons (Fsp3) is 0.421. The van der Waals surface area contributed by atoms with E-state index in [9.17, 15) is 28.7 Å². The Morgan fingerprint density at radius 2 is 2.14 bits per heavy atom. The summed E-state index contributed by atoms with van der Waals surface area (Å²) in [6.07, 6.45) is 3.25. The van der Waals surface area contributed by atoms with Crippen molar-refractivity contribution in [2.24, 2.45) is 10.9 Å². The molecule has 194 valence electrons. The fourth-order valence-electron chi connectivity index (χ4n) is 3.54. The molecular weight excluding hydrogens is 519 g/mol. The molecule has 1 aromatic rings. The number of nitrogens with one attached hydrogen (secondary N) is 1. The first-order chi connectivity index (χ1) is 16.9. The number of likely N-dealkylation sites (N-methyl/N-ethyl adjacent to an activating group) is 1. The monoisotopic (exact) mass is 542 g/mol. The number of fused-ring (bicyclic) bond motifs is 1. The van der Waals surface area contributed by atoms with Crippen LogP contribution in [0.5, 0.6) is 0 Å². The zero-order valence-corrected chi connectivity index (χ0v) is 20.8. The number of carbonyl (C=O) groups is 4. The highest BCUT2D eigenvalue weighted by molar-refractivity contribution is 8.00. The zero-order valence-electron chi connectivity index (χ0n) is 19.2. The smallest absolute Gasteiger partial charge is 0.278 e. The molecule has 2 aliphatic rings. The highest BCUT2D eigenvalue weighted by Gasteiger charge is 2.53. The van der Waals surface area contributed by atoms with Gasteiger partial charge in [0.1, 0.15) is 11.4 Å². The number of aromatic nitrogens is 2. The van der Waals surface area contributed by atoms with Gasteiger partial charge in [0.25, 0.3) is 24.6 Å². The van der Waals surface area contributed by atoms with Crippen LogP contribution in [0, 0.1) is 0 Å². The first-order valence-corrected chi connectivity index (χ1v) is 12.1. The number of hydrogen-bond acceptors (Lipinski definition) is 12. The molecule has 2 aliphatic heterocycles. The second kappa shape index (κ2) is 11.0. The highest BCUT2D eigenvalue weighted by atomic mass is 32.2. The Bertz CT molecular complexity index is 1170. The van der Waals surface area contributed by atoms with Gasteiger partial charge in [-0.2, -0.15) is 9.36 Å². The fourth-order valence-corrected chi connectivity index (χ4v) is 5.29. The summed E-state index contributed by atoms with van der Waals surface area (Å²) in [5, 5.41) is 17.0. The van der Waals surface area contributed by atoms with Gasteiger partial charge in [-0.1, -0.05) is 11.2 Å². The predicted octanol–water partition coefficient (Wildman–Crippen LogP) is -2.71. The number of rotatable bonds is 11. The lowest BCUT2D eigenvalue weighted by Crippen LogP contribution is -2.71. The Kier molecular flexibility index (Phi) is 8.26. The number of thioether (sulfide) groups is 1. The Balaban J connectivity index is 1.76. The maximum atomic E-state index is 12.8. The minimum absolute atomic E-state index is 0.0283. The molecule has 17 heteroatoms. The van der Waals surface area contributed by atoms with Gasteiger partial charge >= 0.3 is 0 Å². The van der Waals surface area contributed by atoms with Gasteiger partial charge in [-0.05, 0) is 11.6 Å². The average molecular weight is 543 g/mol. The van der Waals surface area contributed by atoms with Crippen LogP contribution in [-0.4, -0.2) is 99.4 Å². The van der Waals surface area contributed by atoms with Gasteiger partial charge in [-0.25, -0.2) is 4.39 Å². The summed E-state index contributed by atoms with van der Waals surface area (Å²) >= 11 is 2.00. The number of oxime groups is 1. The topological polar surface area (TPSA) is 206 Å². The molecule has 1 saturated heterocycles. The first kappa shape index (κ1) is 27.0. The van der Waals surface area contributed by atoms with Gasteiger partial charge in [-0.15, -0.1) is 11.8 Å². The zero-order chi connectivity index (χ0) is 26.6. The van der Waals surface area contributed by atoms with Crippen LogP contribution in [0.25, 0.3) is 0 Å². The van der Waals surface area contributed by atoms with Gasteiger partial charge in [0.05, 0.1) is 32.3 Å². The number of nitrogens with zero attached hydrogens (tertiary/aromatic N) is 5. The van der Waals surface area contributed by atoms with Crippen molar-refractivity contribution in [1.82, 2.24) is 19.6 Å². The molecule has 3 heterocycles. The highest BCUT2D eigenvalue weighted by Crippen LogP contribution is 2.40. The van der Waals surface area contributed by atoms with E-state index in [1.165, 1.54) is 11.8 Å². The summed E-state index contributed by atoms with van der Waals surface area (Å²) in [6, 6.07) is -1.10. The van der Waals surface area contributed by atoms with Crippen molar-refractivity contribution in [2.45, 2.75) is 11.4 Å². The molecule has 0 aliphatic carbocycles. The molecule has 5 N–H and O–H groups in total. The number of hydrogen-bond donors (Lipinski definition) is 3. The van der Waals surface area contributed by atoms with Gasteiger partial charge < -0.3 is 36.0 Å². The lowest BCUT2D eigenvalue weighted by Gasteiger charge is -2.50. The number of primary amides is 1. The number of nitrogens with two attached hydrogens (primary N) is 2. The number of halogens is 1. The number of quaternary nitrogens is 1. The summed E-state index contributed by atoms with van der Waals surface area (Å²) in [5.74, 6) is -3.66. The average Bonchev–Trinajstić information content (AvgIpc) is 3.21. The number of anilines is 1. The number of amides is 3. The number of β-lactam (4-membered cyclic amide) rings is 1. The molecule has 0 saturated carbocycles. The van der Waals surface area contributed by atoms with E-state index in [1.54, 1.807) is 26.2 Å². The molecule has 3 rings (SSSR count). The Morgan fingerprint density at radius 1 is 1.42 bits per heavy atom. The van der Waals surface area contributed by atoms with E-state index in [0.717, 1.165) is 16.4 Å². The van der Waals surface area contributed by atoms with Crippen LogP contribution in [-0.2, 0) is 24.0 Å². The number of allylic oxidation sites excluding steroid dienone is 1. The maximum absolute atomic E-state index is 12.8. The van der Waals surface area contributed by atoms with Crippen LogP contribution in [0.1, 0.15) is 5.82 Å². The van der Waals surface area contributed by atoms with E-state index in [4.69, 9.17) is 11.5 Å². The van der Waals surface area contributed by atoms with E-state index in [0.29, 0.717) is 12.1 Å². The van der Waals surface area contributed by atoms with Gasteiger partial charge in [0.2, 0.25) is 11.5 Å². The molecule has 0 unspecified atom stereocenters. The van der Waals surface area contributed by atoms with Gasteiger partial charge in [0.15, 0.2) is 11.7 Å². The summed E-state index contributed by atoms with van der Waals surface area (Å²) < 4.78 is 16.5. The van der Waals surface area contributed by atoms with Crippen molar-refractivity contribution < 1.29 is 38.0 Å². The van der Waals surface area contributed by atoms with Crippen molar-refractivity contribution in [3.05, 3.63) is 29.2 Å². The normalized spacial score (nSPS) is 20.2. The van der Waals surface area contributed by atoms with Crippen LogP contribution >= 0.6 is 23.3 Å². The number of aliphatic carboxylic acids is 1. The van der Waals surface area contributed by atoms with Crippen LogP contribution < -0.4 is 21.9 Å². The van der Waals surface area contributed by atoms with E-state index >= 15 is 0 Å². The van der Waals surface area contributed by atoms with Crippen molar-refractivity contribution in [1.29, 1.82) is 0 Å². The Labute approximate surface area is 212 Å². The summed E-state index contributed by atoms with van der Waals surface area (Å²) in [5.41, 5.74) is 10.3. The maximum Gasteiger partial charge on any atom is 0.278 e. The van der Waals surface area contributed by atoms with Gasteiger partial charge in [0, 0.05) is 17.3 Å². The van der Waals surface area contributed by atoms with Gasteiger partial charge in [-0.3, -0.25) is 19.3 Å². The van der Waals surface area contributed by atoms with Crippen molar-refractivity contribution in [3.63, 3.8) is 0 Å². The van der Waals surface area contributed by atoms with Crippen molar-refractivity contribution in [2.75, 3.05) is 45.5 Å². The summed E-state index contributed by atoms with van der Waals surface area (Å²) in [7, 11) is 3.57. The molecule has 0 radical (unpaired) electrons. The van der Waals surface area contributed by atoms with Crippen LogP contribution in [0.4, 0.5) is 9.52 Å². The Morgan fingerprint density at radius 3 is 2.72 bits per heavy atom. The number of nitrogen functional groups attached to an aromatic ring is 1. The lowest BCUT2D eigenvalue weighted by molar-refractivity contribution is -0.876. The predicted molar refractivity (Wildman–Crippen MR) is 125 cm³/mol. The number of carboxylic acid groups (broad SMARTS) is 1. The second-order valence-corrected chi connectivity index (χ2v) is 10.2. The van der Waals surface area contributed by atoms with E-state index in [-0.39, 0.29) is 33.4 Å². The SMILES string of the molecule is C[N+](C)(C/C=C/C1=C(C(=O)[O-])N2C(=O)[C@@H](NC(=O)/C(=N\OCF)c3nsc(N)n3)[C@H]2SC1)CC(N)=O. The minimum atomic E-state index is -1.55. The molecule has 2 atom stereocenters. The van der Waals surface area contributed by atoms with E-state index in [2.05, 4.69) is 24.7 Å². The number of carboxylic acids is 1.